The van der Waals surface area contributed by atoms with E-state index < -0.39 is 0 Å². The van der Waals surface area contributed by atoms with Gasteiger partial charge in [-0.25, -0.2) is 0 Å². The molecule has 0 fully saturated rings. The van der Waals surface area contributed by atoms with E-state index >= 15 is 0 Å². The monoisotopic (exact) mass is 1860 g/mol. The fraction of sp³-hybridized carbons (Fsp3) is 0. The number of para-hydroxylation sites is 3. The molecule has 0 N–H and O–H groups in total. The van der Waals surface area contributed by atoms with Crippen LogP contribution in [-0.2, 0) is 0 Å². The third-order valence-corrected chi connectivity index (χ3v) is 30.7. The van der Waals surface area contributed by atoms with Gasteiger partial charge >= 0.3 is 0 Å². The average molecular weight is 1870 g/mol. The van der Waals surface area contributed by atoms with Crippen LogP contribution in [0.2, 0.25) is 0 Å². The molecule has 0 radical (unpaired) electrons. The van der Waals surface area contributed by atoms with Gasteiger partial charge in [0.05, 0.1) is 0 Å². The molecule has 0 saturated carbocycles. The zero-order valence-corrected chi connectivity index (χ0v) is 80.0. The molecule has 0 atom stereocenters. The van der Waals surface area contributed by atoms with Crippen LogP contribution in [0.4, 0.5) is 0 Å². The van der Waals surface area contributed by atoms with E-state index in [-0.39, 0.29) is 0 Å². The van der Waals surface area contributed by atoms with Gasteiger partial charge < -0.3 is 13.3 Å². The summed E-state index contributed by atoms with van der Waals surface area (Å²) in [5.74, 6) is 0. The molecule has 0 amide bonds. The molecule has 3 nitrogen and oxygen atoms in total. The van der Waals surface area contributed by atoms with Gasteiger partial charge in [0.2, 0.25) is 0 Å². The highest BCUT2D eigenvalue weighted by Gasteiger charge is 2.27. The van der Waals surface area contributed by atoms with Crippen LogP contribution in [0, 0.1) is 0 Å². The summed E-state index contributed by atoms with van der Waals surface area (Å²) in [7, 11) is 0. The Labute approximate surface area is 847 Å². The molecule has 0 saturated heterocycles. The smallest absolute Gasteiger partial charge is 0.143 e. The number of benzene rings is 28. The van der Waals surface area contributed by atoms with Crippen molar-refractivity contribution in [3.8, 4) is 111 Å². The van der Waals surface area contributed by atoms with Crippen LogP contribution in [0.1, 0.15) is 0 Å². The van der Waals surface area contributed by atoms with E-state index in [4.69, 9.17) is 13.3 Å². The molecule has 0 bridgehead atoms. The van der Waals surface area contributed by atoms with Crippen molar-refractivity contribution in [1.29, 1.82) is 0 Å². The predicted molar refractivity (Wildman–Crippen MR) is 626 cm³/mol. The summed E-state index contributed by atoms with van der Waals surface area (Å²) in [6.07, 6.45) is 0. The molecular weight excluding hydrogens is 1780 g/mol. The third kappa shape index (κ3) is 14.1. The molecule has 0 aliphatic heterocycles. The molecule has 0 spiro atoms. The van der Waals surface area contributed by atoms with E-state index in [2.05, 4.69) is 516 Å². The molecule has 31 aromatic rings. The van der Waals surface area contributed by atoms with Crippen LogP contribution in [0.25, 0.3) is 306 Å². The largest absolute Gasteiger partial charge is 0.455 e. The first-order valence-electron chi connectivity index (χ1n) is 50.6. The highest BCUT2D eigenvalue weighted by molar-refractivity contribution is 6.29. The first-order chi connectivity index (χ1) is 72.9. The number of fused-ring (bicyclic) bond motifs is 24. The maximum atomic E-state index is 6.44. The first kappa shape index (κ1) is 84.5. The van der Waals surface area contributed by atoms with Crippen molar-refractivity contribution in [1.82, 2.24) is 0 Å². The van der Waals surface area contributed by atoms with E-state index in [1.54, 1.807) is 0 Å². The summed E-state index contributed by atoms with van der Waals surface area (Å²) in [6, 6.07) is 194. The fourth-order valence-electron chi connectivity index (χ4n) is 24.1. The summed E-state index contributed by atoms with van der Waals surface area (Å²) in [4.78, 5) is 0. The van der Waals surface area contributed by atoms with Gasteiger partial charge in [0.25, 0.3) is 0 Å². The molecule has 0 aliphatic rings. The first-order valence-corrected chi connectivity index (χ1v) is 50.6. The van der Waals surface area contributed by atoms with Crippen molar-refractivity contribution in [3.63, 3.8) is 0 Å². The van der Waals surface area contributed by atoms with Crippen molar-refractivity contribution in [2.45, 2.75) is 0 Å². The van der Waals surface area contributed by atoms with Gasteiger partial charge in [0.15, 0.2) is 0 Å². The zero-order valence-electron chi connectivity index (χ0n) is 80.0. The minimum Gasteiger partial charge on any atom is -0.455 e. The summed E-state index contributed by atoms with van der Waals surface area (Å²) in [5, 5.41) is 36.5. The summed E-state index contributed by atoms with van der Waals surface area (Å²) in [6.45, 7) is 0. The molecule has 3 aromatic heterocycles. The topological polar surface area (TPSA) is 39.4 Å². The summed E-state index contributed by atoms with van der Waals surface area (Å²) in [5.41, 5.74) is 30.2. The van der Waals surface area contributed by atoms with Crippen LogP contribution < -0.4 is 0 Å². The third-order valence-electron chi connectivity index (χ3n) is 30.7. The maximum Gasteiger partial charge on any atom is 0.143 e. The molecule has 682 valence electrons. The Hall–Kier alpha value is -19.3. The molecule has 0 aliphatic carbocycles. The Balaban J connectivity index is 0.000000104. The lowest BCUT2D eigenvalue weighted by molar-refractivity contribution is 0.672. The van der Waals surface area contributed by atoms with Gasteiger partial charge in [-0.1, -0.05) is 461 Å². The van der Waals surface area contributed by atoms with Crippen LogP contribution in [0.5, 0.6) is 0 Å². The Morgan fingerprint density at radius 1 is 0.0952 bits per heavy atom. The van der Waals surface area contributed by atoms with Gasteiger partial charge in [0.1, 0.15) is 33.5 Å². The van der Waals surface area contributed by atoms with Crippen molar-refractivity contribution < 1.29 is 13.3 Å². The molecule has 147 heavy (non-hydrogen) atoms. The van der Waals surface area contributed by atoms with Gasteiger partial charge in [-0.2, -0.15) is 0 Å². The van der Waals surface area contributed by atoms with Crippen molar-refractivity contribution in [2.24, 2.45) is 0 Å². The Kier molecular flexibility index (Phi) is 20.0. The Morgan fingerprint density at radius 3 is 0.639 bits per heavy atom. The minimum atomic E-state index is 0.916. The number of furan rings is 3. The molecule has 0 unspecified atom stereocenters. The zero-order chi connectivity index (χ0) is 96.7. The van der Waals surface area contributed by atoms with Gasteiger partial charge in [0, 0.05) is 48.5 Å². The highest BCUT2D eigenvalue weighted by Crippen LogP contribution is 2.53. The van der Waals surface area contributed by atoms with Crippen LogP contribution >= 0.6 is 0 Å². The van der Waals surface area contributed by atoms with Crippen molar-refractivity contribution in [2.75, 3.05) is 0 Å². The molecule has 28 aromatic carbocycles. The van der Waals surface area contributed by atoms with Crippen molar-refractivity contribution in [3.05, 3.63) is 534 Å². The predicted octanol–water partition coefficient (Wildman–Crippen LogP) is 41.3. The number of rotatable bonds is 10. The van der Waals surface area contributed by atoms with Crippen LogP contribution in [-0.4, -0.2) is 0 Å². The summed E-state index contributed by atoms with van der Waals surface area (Å²) >= 11 is 0. The van der Waals surface area contributed by atoms with E-state index in [1.807, 2.05) is 18.2 Å². The Morgan fingerprint density at radius 2 is 0.306 bits per heavy atom. The highest BCUT2D eigenvalue weighted by atomic mass is 16.3. The van der Waals surface area contributed by atoms with Crippen molar-refractivity contribution >= 4 is 195 Å². The van der Waals surface area contributed by atoms with Gasteiger partial charge in [-0.15, -0.1) is 0 Å². The lowest BCUT2D eigenvalue weighted by Gasteiger charge is -2.19. The van der Waals surface area contributed by atoms with E-state index in [0.717, 1.165) is 82.0 Å². The van der Waals surface area contributed by atoms with E-state index in [0.29, 0.717) is 0 Å². The second kappa shape index (κ2) is 34.8. The normalized spacial score (nSPS) is 11.8. The molecule has 3 heteroatoms. The lowest BCUT2D eigenvalue weighted by Crippen LogP contribution is -1.92. The molecular formula is C144H88O3. The SMILES string of the molecule is c1cc(-c2c3ccccc3c(-c3ccc4ccccc4c3)c3ccccc23)cc(-c2cc3c4ccccc4oc3c3ccccc23)c1.c1cc(-c2c3ccccc3c(-c3cccc4ccccc34)c3ccccc23)cc(-c2cc3c4ccccc4oc3c3ccccc23)c1.c1cc(-c2ccc3ccccc3c2)cc(-c2c3ccccc3c(-c3cccc(-c4cc5c6ccccc6oc5c5ccccc45)c3)c3ccccc23)c1. The molecule has 3 heterocycles. The van der Waals surface area contributed by atoms with E-state index in [1.165, 1.54) is 224 Å². The Bertz CT molecular complexity index is 10700. The second-order valence-electron chi connectivity index (χ2n) is 38.8. The quantitative estimate of drug-likeness (QED) is 0.128. The number of hydrogen-bond acceptors (Lipinski definition) is 3. The standard InChI is InChI=1S/C52H32O.2C46H28O/c1-2-14-34-29-36(28-27-33(34)13-1)35-15-11-17-38(30-35)50-42-21-4-6-23-44(42)51(45-24-7-5-22-43(45)50)39-18-12-16-37(31-39)47-32-48-41-20-9-10-26-49(41)53-52(48)46-25-8-3-19-40(46)47;1-2-17-32-29(13-1)14-12-25-35(32)45-38-22-6-4-20-36(38)44(37-21-5-7-23-39(37)45)31-16-11-15-30(27-31)41-28-42-34-19-9-10-26-43(34)47-46(42)40-24-8-3-18-33(40)41;1-2-13-30-26-33(25-24-29(30)12-1)45-38-20-6-4-18-36(38)44(37-19-5-7-21-39(37)45)32-15-11-14-31(27-32)41-28-42-35-17-9-10-23-43(35)47-46(42)40-22-8-3-16-34(40)41/h1-32H;2*1-28H. The maximum absolute atomic E-state index is 6.44. The fourth-order valence-corrected chi connectivity index (χ4v) is 24.1. The van der Waals surface area contributed by atoms with Crippen LogP contribution in [0.3, 0.4) is 0 Å². The second-order valence-corrected chi connectivity index (χ2v) is 38.8. The number of hydrogen-bond donors (Lipinski definition) is 0. The van der Waals surface area contributed by atoms with Gasteiger partial charge in [-0.05, 0) is 297 Å². The molecule has 31 rings (SSSR count). The summed E-state index contributed by atoms with van der Waals surface area (Å²) < 4.78 is 19.3. The minimum absolute atomic E-state index is 0.916. The van der Waals surface area contributed by atoms with Crippen LogP contribution in [0.15, 0.2) is 547 Å². The average Bonchev–Trinajstić information content (AvgIpc) is 1.30. The van der Waals surface area contributed by atoms with Gasteiger partial charge in [-0.3, -0.25) is 0 Å². The van der Waals surface area contributed by atoms with E-state index in [9.17, 15) is 0 Å². The lowest BCUT2D eigenvalue weighted by atomic mass is 9.84.